The molecule has 0 aliphatic rings. The lowest BCUT2D eigenvalue weighted by molar-refractivity contribution is -0.118. The van der Waals surface area contributed by atoms with Crippen LogP contribution in [0.1, 0.15) is 17.2 Å². The van der Waals surface area contributed by atoms with Gasteiger partial charge in [0, 0.05) is 15.6 Å². The fraction of sp³-hybridized carbons (Fsp3) is 0.0526. The summed E-state index contributed by atoms with van der Waals surface area (Å²) in [4.78, 5) is 16.7. The summed E-state index contributed by atoms with van der Waals surface area (Å²) >= 11 is 12.3. The van der Waals surface area contributed by atoms with Crippen molar-refractivity contribution in [3.05, 3.63) is 88.0 Å². The number of hydrogen-bond acceptors (Lipinski definition) is 2. The molecule has 0 fully saturated rings. The highest BCUT2D eigenvalue weighted by Crippen LogP contribution is 2.32. The van der Waals surface area contributed by atoms with Gasteiger partial charge in [0.25, 0.3) is 0 Å². The first kappa shape index (κ1) is 16.5. The first-order chi connectivity index (χ1) is 11.6. The van der Waals surface area contributed by atoms with Gasteiger partial charge in [-0.15, -0.1) is 0 Å². The highest BCUT2D eigenvalue weighted by atomic mass is 35.5. The van der Waals surface area contributed by atoms with Crippen molar-refractivity contribution in [3.63, 3.8) is 0 Å². The number of nitrogens with zero attached hydrogens (tertiary/aromatic N) is 1. The molecule has 0 spiro atoms. The number of primary amides is 1. The second kappa shape index (κ2) is 7.04. The topological polar surface area (TPSA) is 56.0 Å². The largest absolute Gasteiger partial charge is 0.369 e. The summed E-state index contributed by atoms with van der Waals surface area (Å²) in [5.74, 6) is -1.29. The molecule has 0 saturated carbocycles. The molecule has 1 amide bonds. The van der Waals surface area contributed by atoms with Gasteiger partial charge in [0.05, 0.1) is 11.4 Å². The van der Waals surface area contributed by atoms with Crippen molar-refractivity contribution in [2.24, 2.45) is 5.73 Å². The summed E-state index contributed by atoms with van der Waals surface area (Å²) < 4.78 is 0. The van der Waals surface area contributed by atoms with E-state index in [2.05, 4.69) is 4.98 Å². The van der Waals surface area contributed by atoms with Gasteiger partial charge in [0.2, 0.25) is 5.91 Å². The minimum atomic E-state index is -0.764. The van der Waals surface area contributed by atoms with Crippen LogP contribution in [0, 0.1) is 0 Å². The van der Waals surface area contributed by atoms with E-state index in [1.807, 2.05) is 42.5 Å². The molecule has 1 heterocycles. The van der Waals surface area contributed by atoms with E-state index in [-0.39, 0.29) is 0 Å². The number of hydrogen-bond donors (Lipinski definition) is 1. The predicted octanol–water partition coefficient (Wildman–Crippen LogP) is 4.67. The van der Waals surface area contributed by atoms with Crippen molar-refractivity contribution in [2.45, 2.75) is 5.92 Å². The van der Waals surface area contributed by atoms with Gasteiger partial charge in [0.1, 0.15) is 5.92 Å². The van der Waals surface area contributed by atoms with Crippen LogP contribution in [-0.2, 0) is 4.79 Å². The Hall–Kier alpha value is -2.36. The molecule has 2 N–H and O–H groups in total. The van der Waals surface area contributed by atoms with Gasteiger partial charge < -0.3 is 5.73 Å². The number of benzene rings is 2. The third-order valence-electron chi connectivity index (χ3n) is 3.69. The standard InChI is InChI=1S/C19H14Cl2N2O/c20-13-9-10-15(21)14(11-13)18(19(22)24)17-8-4-7-16(23-17)12-5-2-1-3-6-12/h1-11,18H,(H2,22,24). The van der Waals surface area contributed by atoms with Crippen LogP contribution < -0.4 is 5.73 Å². The molecular formula is C19H14Cl2N2O. The van der Waals surface area contributed by atoms with Gasteiger partial charge in [-0.25, -0.2) is 0 Å². The maximum Gasteiger partial charge on any atom is 0.231 e. The molecule has 3 nitrogen and oxygen atoms in total. The monoisotopic (exact) mass is 356 g/mol. The number of pyridine rings is 1. The number of rotatable bonds is 4. The third kappa shape index (κ3) is 3.42. The number of halogens is 2. The fourth-order valence-electron chi connectivity index (χ4n) is 2.58. The van der Waals surface area contributed by atoms with Crippen molar-refractivity contribution in [1.29, 1.82) is 0 Å². The van der Waals surface area contributed by atoms with Crippen LogP contribution in [0.25, 0.3) is 11.3 Å². The Morgan fingerprint density at radius 2 is 1.71 bits per heavy atom. The lowest BCUT2D eigenvalue weighted by atomic mass is 9.94. The van der Waals surface area contributed by atoms with Crippen molar-refractivity contribution >= 4 is 29.1 Å². The van der Waals surface area contributed by atoms with Crippen LogP contribution in [0.4, 0.5) is 0 Å². The van der Waals surface area contributed by atoms with Crippen molar-refractivity contribution < 1.29 is 4.79 Å². The number of carbonyl (C=O) groups excluding carboxylic acids is 1. The molecular weight excluding hydrogens is 343 g/mol. The maximum atomic E-state index is 12.1. The van der Waals surface area contributed by atoms with Gasteiger partial charge >= 0.3 is 0 Å². The van der Waals surface area contributed by atoms with Crippen molar-refractivity contribution in [3.8, 4) is 11.3 Å². The molecule has 3 aromatic rings. The zero-order valence-corrected chi connectivity index (χ0v) is 14.1. The zero-order valence-electron chi connectivity index (χ0n) is 12.6. The Kier molecular flexibility index (Phi) is 4.84. The predicted molar refractivity (Wildman–Crippen MR) is 97.2 cm³/mol. The van der Waals surface area contributed by atoms with E-state index in [9.17, 15) is 4.79 Å². The Morgan fingerprint density at radius 1 is 0.958 bits per heavy atom. The smallest absolute Gasteiger partial charge is 0.231 e. The molecule has 120 valence electrons. The van der Waals surface area contributed by atoms with E-state index in [0.29, 0.717) is 21.3 Å². The summed E-state index contributed by atoms with van der Waals surface area (Å²) in [6.07, 6.45) is 0. The molecule has 5 heteroatoms. The fourth-order valence-corrected chi connectivity index (χ4v) is 2.98. The number of carbonyl (C=O) groups is 1. The SMILES string of the molecule is NC(=O)C(c1cccc(-c2ccccc2)n1)c1cc(Cl)ccc1Cl. The van der Waals surface area contributed by atoms with Crippen LogP contribution in [0.5, 0.6) is 0 Å². The van der Waals surface area contributed by atoms with E-state index in [1.54, 1.807) is 24.3 Å². The zero-order chi connectivity index (χ0) is 17.1. The minimum absolute atomic E-state index is 0.426. The van der Waals surface area contributed by atoms with E-state index in [4.69, 9.17) is 28.9 Å². The van der Waals surface area contributed by atoms with Gasteiger partial charge in [-0.2, -0.15) is 0 Å². The van der Waals surface area contributed by atoms with E-state index >= 15 is 0 Å². The van der Waals surface area contributed by atoms with Crippen LogP contribution in [0.3, 0.4) is 0 Å². The van der Waals surface area contributed by atoms with Crippen molar-refractivity contribution in [1.82, 2.24) is 4.98 Å². The average Bonchev–Trinajstić information content (AvgIpc) is 2.59. The second-order valence-electron chi connectivity index (χ2n) is 5.31. The second-order valence-corrected chi connectivity index (χ2v) is 6.16. The molecule has 0 radical (unpaired) electrons. The van der Waals surface area contributed by atoms with Gasteiger partial charge in [0.15, 0.2) is 0 Å². The summed E-state index contributed by atoms with van der Waals surface area (Å²) in [7, 11) is 0. The van der Waals surface area contributed by atoms with Gasteiger partial charge in [-0.1, -0.05) is 59.6 Å². The molecule has 1 aromatic heterocycles. The molecule has 0 aliphatic carbocycles. The summed E-state index contributed by atoms with van der Waals surface area (Å²) in [6, 6.07) is 20.2. The molecule has 24 heavy (non-hydrogen) atoms. The molecule has 1 atom stereocenters. The summed E-state index contributed by atoms with van der Waals surface area (Å²) in [5, 5.41) is 0.912. The molecule has 2 aromatic carbocycles. The number of aromatic nitrogens is 1. The highest BCUT2D eigenvalue weighted by molar-refractivity contribution is 6.33. The molecule has 1 unspecified atom stereocenters. The normalized spacial score (nSPS) is 11.9. The maximum absolute atomic E-state index is 12.1. The van der Waals surface area contributed by atoms with E-state index in [1.165, 1.54) is 0 Å². The van der Waals surface area contributed by atoms with Crippen LogP contribution in [0.2, 0.25) is 10.0 Å². The third-order valence-corrected chi connectivity index (χ3v) is 4.27. The lowest BCUT2D eigenvalue weighted by Crippen LogP contribution is -2.23. The quantitative estimate of drug-likeness (QED) is 0.738. The van der Waals surface area contributed by atoms with Gasteiger partial charge in [-0.05, 0) is 35.9 Å². The van der Waals surface area contributed by atoms with E-state index in [0.717, 1.165) is 11.3 Å². The minimum Gasteiger partial charge on any atom is -0.369 e. The Labute approximate surface area is 150 Å². The molecule has 0 saturated heterocycles. The first-order valence-electron chi connectivity index (χ1n) is 7.33. The Bertz CT molecular complexity index is 882. The van der Waals surface area contributed by atoms with Crippen molar-refractivity contribution in [2.75, 3.05) is 0 Å². The summed E-state index contributed by atoms with van der Waals surface area (Å²) in [6.45, 7) is 0. The first-order valence-corrected chi connectivity index (χ1v) is 8.08. The lowest BCUT2D eigenvalue weighted by Gasteiger charge is -2.16. The van der Waals surface area contributed by atoms with E-state index < -0.39 is 11.8 Å². The molecule has 3 rings (SSSR count). The highest BCUT2D eigenvalue weighted by Gasteiger charge is 2.24. The molecule has 0 aliphatic heterocycles. The van der Waals surface area contributed by atoms with Gasteiger partial charge in [-0.3, -0.25) is 9.78 Å². The van der Waals surface area contributed by atoms with Crippen LogP contribution in [-0.4, -0.2) is 10.9 Å². The Morgan fingerprint density at radius 3 is 2.42 bits per heavy atom. The van der Waals surface area contributed by atoms with Crippen LogP contribution in [0.15, 0.2) is 66.7 Å². The number of nitrogens with two attached hydrogens (primary N) is 1. The van der Waals surface area contributed by atoms with Crippen LogP contribution >= 0.6 is 23.2 Å². The molecule has 0 bridgehead atoms. The average molecular weight is 357 g/mol. The number of amides is 1. The Balaban J connectivity index is 2.10. The summed E-state index contributed by atoms with van der Waals surface area (Å²) in [5.41, 5.74) is 8.43.